The molecule has 6 heteroatoms. The molecule has 1 N–H and O–H groups in total. The summed E-state index contributed by atoms with van der Waals surface area (Å²) >= 11 is 6.50. The topological polar surface area (TPSA) is 59.9 Å². The van der Waals surface area contributed by atoms with E-state index in [9.17, 15) is 4.79 Å². The number of halogens is 1. The fraction of sp³-hybridized carbons (Fsp3) is 0.185. The molecule has 0 saturated carbocycles. The van der Waals surface area contributed by atoms with E-state index < -0.39 is 0 Å². The zero-order valence-corrected chi connectivity index (χ0v) is 20.2. The molecule has 3 aromatic rings. The molecule has 33 heavy (non-hydrogen) atoms. The van der Waals surface area contributed by atoms with Crippen LogP contribution >= 0.6 is 11.6 Å². The third kappa shape index (κ3) is 5.62. The molecular formula is C27H27ClN2O3. The summed E-state index contributed by atoms with van der Waals surface area (Å²) in [5, 5.41) is 3.41. The van der Waals surface area contributed by atoms with Gasteiger partial charge in [0.05, 0.1) is 30.6 Å². The van der Waals surface area contributed by atoms with Gasteiger partial charge in [-0.25, -0.2) is 4.99 Å². The number of allylic oxidation sites excluding steroid dienone is 1. The van der Waals surface area contributed by atoms with Crippen molar-refractivity contribution < 1.29 is 14.3 Å². The minimum absolute atomic E-state index is 0.303. The van der Waals surface area contributed by atoms with Crippen LogP contribution in [0.4, 0.5) is 11.4 Å². The smallest absolute Gasteiger partial charge is 0.255 e. The first kappa shape index (κ1) is 24.1. The van der Waals surface area contributed by atoms with Gasteiger partial charge in [0.15, 0.2) is 0 Å². The molecule has 0 saturated heterocycles. The molecule has 0 unspecified atom stereocenters. The number of rotatable bonds is 7. The molecule has 0 fully saturated rings. The van der Waals surface area contributed by atoms with Gasteiger partial charge in [-0.2, -0.15) is 0 Å². The van der Waals surface area contributed by atoms with E-state index >= 15 is 0 Å². The van der Waals surface area contributed by atoms with Gasteiger partial charge < -0.3 is 14.8 Å². The number of aliphatic imine (C=N–C) groups is 1. The Morgan fingerprint density at radius 3 is 2.12 bits per heavy atom. The Balaban J connectivity index is 1.97. The third-order valence-corrected chi connectivity index (χ3v) is 5.50. The van der Waals surface area contributed by atoms with Crippen molar-refractivity contribution in [3.8, 4) is 11.5 Å². The normalized spacial score (nSPS) is 11.2. The van der Waals surface area contributed by atoms with Gasteiger partial charge in [-0.3, -0.25) is 4.79 Å². The lowest BCUT2D eigenvalue weighted by molar-refractivity contribution is 0.102. The number of methoxy groups -OCH3 is 2. The summed E-state index contributed by atoms with van der Waals surface area (Å²) in [6, 6.07) is 14.4. The van der Waals surface area contributed by atoms with Gasteiger partial charge in [0.25, 0.3) is 5.91 Å². The van der Waals surface area contributed by atoms with E-state index in [0.29, 0.717) is 39.0 Å². The number of anilines is 1. The predicted molar refractivity (Wildman–Crippen MR) is 136 cm³/mol. The summed E-state index contributed by atoms with van der Waals surface area (Å²) in [6.07, 6.45) is 1.67. The first-order valence-electron chi connectivity index (χ1n) is 10.4. The Morgan fingerprint density at radius 1 is 0.970 bits per heavy atom. The number of nitrogens with one attached hydrogen (secondary N) is 1. The molecular weight excluding hydrogens is 436 g/mol. The van der Waals surface area contributed by atoms with Crippen molar-refractivity contribution >= 4 is 34.6 Å². The molecule has 0 heterocycles. The number of aryl methyl sites for hydroxylation is 3. The molecule has 0 aliphatic heterocycles. The summed E-state index contributed by atoms with van der Waals surface area (Å²) in [5.74, 6) is 0.755. The summed E-state index contributed by atoms with van der Waals surface area (Å²) in [5.41, 5.74) is 6.48. The van der Waals surface area contributed by atoms with Crippen LogP contribution in [0.3, 0.4) is 0 Å². The van der Waals surface area contributed by atoms with E-state index in [2.05, 4.69) is 31.0 Å². The molecule has 3 rings (SSSR count). The molecule has 3 aromatic carbocycles. The predicted octanol–water partition coefficient (Wildman–Crippen LogP) is 6.84. The zero-order valence-electron chi connectivity index (χ0n) is 19.5. The second-order valence-electron chi connectivity index (χ2n) is 7.70. The monoisotopic (exact) mass is 462 g/mol. The second-order valence-corrected chi connectivity index (χ2v) is 8.11. The van der Waals surface area contributed by atoms with E-state index in [4.69, 9.17) is 26.1 Å². The Labute approximate surface area is 199 Å². The van der Waals surface area contributed by atoms with Gasteiger partial charge in [-0.05, 0) is 68.3 Å². The van der Waals surface area contributed by atoms with Crippen LogP contribution < -0.4 is 14.8 Å². The number of hydrogen-bond donors (Lipinski definition) is 1. The molecule has 5 nitrogen and oxygen atoms in total. The maximum atomic E-state index is 12.9. The van der Waals surface area contributed by atoms with E-state index in [1.54, 1.807) is 42.5 Å². The van der Waals surface area contributed by atoms with Crippen molar-refractivity contribution in [1.82, 2.24) is 0 Å². The zero-order chi connectivity index (χ0) is 24.1. The number of nitrogens with zero attached hydrogens (tertiary/aromatic N) is 1. The summed E-state index contributed by atoms with van der Waals surface area (Å²) in [4.78, 5) is 17.7. The average molecular weight is 463 g/mol. The molecule has 0 bridgehead atoms. The van der Waals surface area contributed by atoms with E-state index in [1.165, 1.54) is 19.8 Å². The van der Waals surface area contributed by atoms with Crippen LogP contribution in [0.25, 0.3) is 0 Å². The number of hydrogen-bond acceptors (Lipinski definition) is 4. The number of carbonyl (C=O) groups is 1. The second kappa shape index (κ2) is 10.4. The highest BCUT2D eigenvalue weighted by atomic mass is 35.5. The molecule has 0 atom stereocenters. The quantitative estimate of drug-likeness (QED) is 0.391. The average Bonchev–Trinajstić information content (AvgIpc) is 2.79. The number of ether oxygens (including phenoxy) is 2. The minimum atomic E-state index is -0.303. The molecule has 170 valence electrons. The van der Waals surface area contributed by atoms with Crippen molar-refractivity contribution in [1.29, 1.82) is 0 Å². The summed E-state index contributed by atoms with van der Waals surface area (Å²) < 4.78 is 10.5. The lowest BCUT2D eigenvalue weighted by atomic mass is 10.0. The summed E-state index contributed by atoms with van der Waals surface area (Å²) in [7, 11) is 3.07. The fourth-order valence-electron chi connectivity index (χ4n) is 3.63. The van der Waals surface area contributed by atoms with Crippen molar-refractivity contribution in [2.45, 2.75) is 20.8 Å². The summed E-state index contributed by atoms with van der Waals surface area (Å²) in [6.45, 7) is 10.0. The first-order chi connectivity index (χ1) is 15.7. The van der Waals surface area contributed by atoms with Crippen LogP contribution in [0.2, 0.25) is 5.02 Å². The molecule has 0 aromatic heterocycles. The van der Waals surface area contributed by atoms with Crippen molar-refractivity contribution in [2.75, 3.05) is 19.5 Å². The van der Waals surface area contributed by atoms with Crippen molar-refractivity contribution in [2.24, 2.45) is 4.99 Å². The highest BCUT2D eigenvalue weighted by molar-refractivity contribution is 6.35. The Bertz CT molecular complexity index is 1200. The first-order valence-corrected chi connectivity index (χ1v) is 10.8. The molecule has 0 aliphatic rings. The Kier molecular flexibility index (Phi) is 7.56. The Morgan fingerprint density at radius 2 is 1.58 bits per heavy atom. The molecule has 0 spiro atoms. The minimum Gasteiger partial charge on any atom is -0.497 e. The largest absolute Gasteiger partial charge is 0.497 e. The van der Waals surface area contributed by atoms with E-state index in [-0.39, 0.29) is 5.91 Å². The van der Waals surface area contributed by atoms with Crippen LogP contribution in [0.5, 0.6) is 11.5 Å². The number of amides is 1. The lowest BCUT2D eigenvalue weighted by Gasteiger charge is -2.13. The van der Waals surface area contributed by atoms with E-state index in [0.717, 1.165) is 16.8 Å². The Hall–Kier alpha value is -3.57. The molecule has 1 amide bonds. The number of carbonyl (C=O) groups excluding carboxylic acids is 1. The van der Waals surface area contributed by atoms with Gasteiger partial charge in [0.1, 0.15) is 11.5 Å². The van der Waals surface area contributed by atoms with Gasteiger partial charge in [-0.1, -0.05) is 35.9 Å². The van der Waals surface area contributed by atoms with Crippen LogP contribution in [0, 0.1) is 20.8 Å². The van der Waals surface area contributed by atoms with Crippen LogP contribution in [-0.2, 0) is 0 Å². The highest BCUT2D eigenvalue weighted by Crippen LogP contribution is 2.29. The van der Waals surface area contributed by atoms with E-state index in [1.807, 2.05) is 13.8 Å². The van der Waals surface area contributed by atoms with Gasteiger partial charge in [0, 0.05) is 22.9 Å². The maximum absolute atomic E-state index is 12.9. The fourth-order valence-corrected chi connectivity index (χ4v) is 3.84. The SMILES string of the molecule is C=CC(=Nc1c(C)cc(C)cc1C)c1cc(NC(=O)c2cc(OC)cc(OC)c2)ccc1Cl. The van der Waals surface area contributed by atoms with Crippen LogP contribution in [0.1, 0.15) is 32.6 Å². The van der Waals surface area contributed by atoms with Crippen molar-refractivity contribution in [3.05, 3.63) is 94.0 Å². The van der Waals surface area contributed by atoms with Gasteiger partial charge in [0.2, 0.25) is 0 Å². The van der Waals surface area contributed by atoms with Crippen LogP contribution in [0.15, 0.2) is 66.2 Å². The lowest BCUT2D eigenvalue weighted by Crippen LogP contribution is -2.13. The molecule has 0 aliphatic carbocycles. The maximum Gasteiger partial charge on any atom is 0.255 e. The van der Waals surface area contributed by atoms with Crippen molar-refractivity contribution in [3.63, 3.8) is 0 Å². The number of benzene rings is 3. The van der Waals surface area contributed by atoms with Gasteiger partial charge in [-0.15, -0.1) is 0 Å². The van der Waals surface area contributed by atoms with Crippen LogP contribution in [-0.4, -0.2) is 25.8 Å². The molecule has 0 radical (unpaired) electrons. The standard InChI is InChI=1S/C27H27ClN2O3/c1-7-25(30-26-17(3)10-16(2)11-18(26)4)23-14-20(8-9-24(23)28)29-27(31)19-12-21(32-5)15-22(13-19)33-6/h7-15H,1H2,2-6H3,(H,29,31). The van der Waals surface area contributed by atoms with Gasteiger partial charge >= 0.3 is 0 Å². The third-order valence-electron chi connectivity index (χ3n) is 5.17. The highest BCUT2D eigenvalue weighted by Gasteiger charge is 2.13.